The number of aliphatic hydroxyl groups is 2. The molecule has 0 bridgehead atoms. The molecule has 0 aromatic carbocycles. The first-order valence-electron chi connectivity index (χ1n) is 2.69. The van der Waals surface area contributed by atoms with Gasteiger partial charge in [-0.3, -0.25) is 0 Å². The van der Waals surface area contributed by atoms with Crippen LogP contribution < -0.4 is 0 Å². The molecule has 0 radical (unpaired) electrons. The molecule has 0 aliphatic carbocycles. The zero-order valence-corrected chi connectivity index (χ0v) is 4.63. The van der Waals surface area contributed by atoms with Crippen molar-refractivity contribution in [1.82, 2.24) is 0 Å². The molecule has 0 atom stereocenters. The van der Waals surface area contributed by atoms with Crippen molar-refractivity contribution in [3.05, 3.63) is 0 Å². The van der Waals surface area contributed by atoms with Gasteiger partial charge in [-0.1, -0.05) is 0 Å². The molecule has 1 saturated heterocycles. The monoisotopic (exact) mass is 118 g/mol. The summed E-state index contributed by atoms with van der Waals surface area (Å²) in [7, 11) is 0. The lowest BCUT2D eigenvalue weighted by Gasteiger charge is -2.38. The van der Waals surface area contributed by atoms with E-state index in [1.54, 1.807) is 0 Å². The van der Waals surface area contributed by atoms with Crippen molar-refractivity contribution in [2.45, 2.75) is 12.0 Å². The number of aliphatic hydroxyl groups excluding tert-OH is 2. The summed E-state index contributed by atoms with van der Waals surface area (Å²) in [4.78, 5) is 0. The summed E-state index contributed by atoms with van der Waals surface area (Å²) in [6, 6.07) is 0. The first-order valence-corrected chi connectivity index (χ1v) is 2.69. The van der Waals surface area contributed by atoms with Crippen LogP contribution in [0.15, 0.2) is 0 Å². The minimum Gasteiger partial charge on any atom is -0.393 e. The lowest BCUT2D eigenvalue weighted by Crippen LogP contribution is -2.50. The van der Waals surface area contributed by atoms with Crippen molar-refractivity contribution >= 4 is 0 Å². The van der Waals surface area contributed by atoms with E-state index in [9.17, 15) is 0 Å². The van der Waals surface area contributed by atoms with Crippen LogP contribution >= 0.6 is 0 Å². The third-order valence-corrected chi connectivity index (χ3v) is 1.54. The van der Waals surface area contributed by atoms with Crippen LogP contribution in [0.2, 0.25) is 0 Å². The van der Waals surface area contributed by atoms with Crippen LogP contribution in [0.1, 0.15) is 6.42 Å². The average molecular weight is 118 g/mol. The summed E-state index contributed by atoms with van der Waals surface area (Å²) in [5.41, 5.74) is -0.583. The molecule has 0 saturated carbocycles. The minimum absolute atomic E-state index is 0.0660. The second kappa shape index (κ2) is 2.01. The highest BCUT2D eigenvalue weighted by Crippen LogP contribution is 2.24. The third kappa shape index (κ3) is 0.727. The molecular weight excluding hydrogens is 108 g/mol. The number of rotatable bonds is 2. The summed E-state index contributed by atoms with van der Waals surface area (Å²) in [6.45, 7) is 0.536. The van der Waals surface area contributed by atoms with Crippen molar-refractivity contribution in [3.63, 3.8) is 0 Å². The smallest absolute Gasteiger partial charge is 0.116 e. The van der Waals surface area contributed by atoms with E-state index in [0.29, 0.717) is 6.61 Å². The second-order valence-corrected chi connectivity index (χ2v) is 2.10. The molecule has 8 heavy (non-hydrogen) atoms. The maximum atomic E-state index is 8.55. The van der Waals surface area contributed by atoms with Crippen LogP contribution in [0, 0.1) is 0 Å². The predicted molar refractivity (Wildman–Crippen MR) is 27.5 cm³/mol. The van der Waals surface area contributed by atoms with E-state index in [1.165, 1.54) is 0 Å². The Morgan fingerprint density at radius 3 is 1.88 bits per heavy atom. The summed E-state index contributed by atoms with van der Waals surface area (Å²) in [5.74, 6) is 0. The van der Waals surface area contributed by atoms with Gasteiger partial charge in [0.1, 0.15) is 5.60 Å². The van der Waals surface area contributed by atoms with Gasteiger partial charge >= 0.3 is 0 Å². The molecule has 1 fully saturated rings. The Labute approximate surface area is 47.9 Å². The lowest BCUT2D eigenvalue weighted by molar-refractivity contribution is -0.190. The van der Waals surface area contributed by atoms with Crippen LogP contribution in [0.4, 0.5) is 0 Å². The molecule has 48 valence electrons. The van der Waals surface area contributed by atoms with Crippen LogP contribution in [0.3, 0.4) is 0 Å². The Hall–Kier alpha value is -0.120. The molecule has 3 nitrogen and oxygen atoms in total. The molecule has 1 rings (SSSR count). The highest BCUT2D eigenvalue weighted by atomic mass is 16.5. The average Bonchev–Trinajstić information content (AvgIpc) is 1.67. The molecule has 0 amide bonds. The first kappa shape index (κ1) is 6.01. The summed E-state index contributed by atoms with van der Waals surface area (Å²) in [5, 5.41) is 17.1. The quantitative estimate of drug-likeness (QED) is 0.495. The largest absolute Gasteiger partial charge is 0.393 e. The van der Waals surface area contributed by atoms with Crippen molar-refractivity contribution in [3.8, 4) is 0 Å². The van der Waals surface area contributed by atoms with Gasteiger partial charge in [0.05, 0.1) is 19.8 Å². The molecule has 3 heteroatoms. The number of hydrogen-bond acceptors (Lipinski definition) is 3. The second-order valence-electron chi connectivity index (χ2n) is 2.10. The van der Waals surface area contributed by atoms with Crippen LogP contribution in [-0.2, 0) is 4.74 Å². The summed E-state index contributed by atoms with van der Waals surface area (Å²) < 4.78 is 4.92. The van der Waals surface area contributed by atoms with Gasteiger partial charge in [0.2, 0.25) is 0 Å². The van der Waals surface area contributed by atoms with E-state index in [4.69, 9.17) is 14.9 Å². The minimum atomic E-state index is -0.583. The van der Waals surface area contributed by atoms with Gasteiger partial charge in [-0.15, -0.1) is 0 Å². The van der Waals surface area contributed by atoms with Crippen molar-refractivity contribution in [1.29, 1.82) is 0 Å². The van der Waals surface area contributed by atoms with E-state index >= 15 is 0 Å². The fraction of sp³-hybridized carbons (Fsp3) is 1.00. The summed E-state index contributed by atoms with van der Waals surface area (Å²) >= 11 is 0. The Balaban J connectivity index is 2.33. The van der Waals surface area contributed by atoms with Crippen molar-refractivity contribution < 1.29 is 14.9 Å². The zero-order chi connectivity index (χ0) is 6.04. The number of ether oxygens (including phenoxy) is 1. The van der Waals surface area contributed by atoms with Gasteiger partial charge < -0.3 is 14.9 Å². The molecule has 0 spiro atoms. The molecule has 0 aromatic rings. The fourth-order valence-corrected chi connectivity index (χ4v) is 0.690. The standard InChI is InChI=1S/C5H10O3/c6-3-5(4-7)1-2-8-5/h6-7H,1-4H2. The normalized spacial score (nSPS) is 24.8. The predicted octanol–water partition coefficient (Wildman–Crippen LogP) is -0.870. The molecule has 1 aliphatic rings. The SMILES string of the molecule is OCC1(CO)CCO1. The highest BCUT2D eigenvalue weighted by molar-refractivity contribution is 4.85. The lowest BCUT2D eigenvalue weighted by atomic mass is 9.97. The number of hydrogen-bond donors (Lipinski definition) is 2. The Kier molecular flexibility index (Phi) is 1.51. The molecule has 0 unspecified atom stereocenters. The van der Waals surface area contributed by atoms with Crippen molar-refractivity contribution in [2.75, 3.05) is 19.8 Å². The van der Waals surface area contributed by atoms with Gasteiger partial charge in [0, 0.05) is 6.42 Å². The van der Waals surface area contributed by atoms with Crippen LogP contribution in [0.25, 0.3) is 0 Å². The zero-order valence-electron chi connectivity index (χ0n) is 4.63. The van der Waals surface area contributed by atoms with Crippen molar-refractivity contribution in [2.24, 2.45) is 0 Å². The maximum Gasteiger partial charge on any atom is 0.116 e. The molecule has 1 aliphatic heterocycles. The topological polar surface area (TPSA) is 49.7 Å². The summed E-state index contributed by atoms with van der Waals surface area (Å²) in [6.07, 6.45) is 0.778. The maximum absolute atomic E-state index is 8.55. The highest BCUT2D eigenvalue weighted by Gasteiger charge is 2.36. The first-order chi connectivity index (χ1) is 3.83. The Morgan fingerprint density at radius 1 is 1.38 bits per heavy atom. The van der Waals surface area contributed by atoms with E-state index in [-0.39, 0.29) is 13.2 Å². The third-order valence-electron chi connectivity index (χ3n) is 1.54. The van der Waals surface area contributed by atoms with E-state index in [2.05, 4.69) is 0 Å². The molecule has 1 heterocycles. The van der Waals surface area contributed by atoms with Gasteiger partial charge in [0.15, 0.2) is 0 Å². The van der Waals surface area contributed by atoms with Gasteiger partial charge in [-0.25, -0.2) is 0 Å². The van der Waals surface area contributed by atoms with E-state index in [1.807, 2.05) is 0 Å². The van der Waals surface area contributed by atoms with Crippen LogP contribution in [0.5, 0.6) is 0 Å². The Bertz CT molecular complexity index is 64.2. The molecule has 2 N–H and O–H groups in total. The molecule has 0 aromatic heterocycles. The van der Waals surface area contributed by atoms with Crippen LogP contribution in [-0.4, -0.2) is 35.6 Å². The molecular formula is C5H10O3. The van der Waals surface area contributed by atoms with Gasteiger partial charge in [0.25, 0.3) is 0 Å². The van der Waals surface area contributed by atoms with E-state index in [0.717, 1.165) is 6.42 Å². The fourth-order valence-electron chi connectivity index (χ4n) is 0.690. The Morgan fingerprint density at radius 2 is 1.88 bits per heavy atom. The van der Waals surface area contributed by atoms with Gasteiger partial charge in [-0.2, -0.15) is 0 Å². The van der Waals surface area contributed by atoms with Gasteiger partial charge in [-0.05, 0) is 0 Å². The van der Waals surface area contributed by atoms with E-state index < -0.39 is 5.60 Å².